The fourth-order valence-corrected chi connectivity index (χ4v) is 4.91. The maximum absolute atomic E-state index is 13.3. The first-order valence-electron chi connectivity index (χ1n) is 10.7. The van der Waals surface area contributed by atoms with Crippen molar-refractivity contribution in [1.82, 2.24) is 20.5 Å². The highest BCUT2D eigenvalue weighted by molar-refractivity contribution is 7.09. The molecule has 2 aliphatic heterocycles. The first-order chi connectivity index (χ1) is 15.2. The Morgan fingerprint density at radius 2 is 2.03 bits per heavy atom. The van der Waals surface area contributed by atoms with Crippen LogP contribution in [0.2, 0.25) is 0 Å². The maximum atomic E-state index is 13.3. The standard InChI is InChI=1S/C23H28N4O3S/c28-21-19-6-1-2-7-20(19)30-13-4-3-8-23(22(29)26-11-10-25-21)9-5-12-27(16-23)15-18-14-24-17-31-18/h1-4,6-7,14,17H,5,8-13,15-16H2,(H,25,28)(H,26,29)/b4-3+. The zero-order valence-electron chi connectivity index (χ0n) is 17.5. The number of benzene rings is 1. The van der Waals surface area contributed by atoms with E-state index in [0.717, 1.165) is 25.9 Å². The molecule has 4 rings (SSSR count). The molecule has 1 unspecified atom stereocenters. The van der Waals surface area contributed by atoms with Gasteiger partial charge in [0.05, 0.1) is 16.5 Å². The van der Waals surface area contributed by atoms with Crippen LogP contribution in [-0.2, 0) is 11.3 Å². The number of para-hydroxylation sites is 1. The minimum Gasteiger partial charge on any atom is -0.489 e. The van der Waals surface area contributed by atoms with E-state index in [9.17, 15) is 9.59 Å². The van der Waals surface area contributed by atoms with Gasteiger partial charge in [-0.2, -0.15) is 0 Å². The number of carbonyl (C=O) groups excluding carboxylic acids is 2. The molecule has 1 spiro atoms. The van der Waals surface area contributed by atoms with Crippen LogP contribution in [0.5, 0.6) is 5.75 Å². The summed E-state index contributed by atoms with van der Waals surface area (Å²) >= 11 is 1.65. The van der Waals surface area contributed by atoms with Gasteiger partial charge in [-0.25, -0.2) is 0 Å². The summed E-state index contributed by atoms with van der Waals surface area (Å²) in [6, 6.07) is 7.21. The lowest BCUT2D eigenvalue weighted by Gasteiger charge is -2.41. The van der Waals surface area contributed by atoms with Gasteiger partial charge in [-0.15, -0.1) is 11.3 Å². The Kier molecular flexibility index (Phi) is 6.99. The highest BCUT2D eigenvalue weighted by atomic mass is 32.1. The van der Waals surface area contributed by atoms with E-state index in [1.165, 1.54) is 4.88 Å². The van der Waals surface area contributed by atoms with Crippen molar-refractivity contribution in [2.24, 2.45) is 5.41 Å². The van der Waals surface area contributed by atoms with Crippen LogP contribution >= 0.6 is 11.3 Å². The van der Waals surface area contributed by atoms with E-state index in [1.807, 2.05) is 36.0 Å². The number of nitrogens with zero attached hydrogens (tertiary/aromatic N) is 2. The van der Waals surface area contributed by atoms with Gasteiger partial charge in [-0.05, 0) is 37.9 Å². The molecule has 0 radical (unpaired) electrons. The zero-order chi connectivity index (χ0) is 21.5. The van der Waals surface area contributed by atoms with Crippen LogP contribution in [0.15, 0.2) is 48.1 Å². The monoisotopic (exact) mass is 440 g/mol. The van der Waals surface area contributed by atoms with Gasteiger partial charge in [0.25, 0.3) is 5.91 Å². The highest BCUT2D eigenvalue weighted by Crippen LogP contribution is 2.35. The smallest absolute Gasteiger partial charge is 0.255 e. The first kappa shape index (κ1) is 21.5. The number of ether oxygens (including phenoxy) is 1. The zero-order valence-corrected chi connectivity index (χ0v) is 18.3. The number of piperidine rings is 1. The van der Waals surface area contributed by atoms with Crippen molar-refractivity contribution in [3.05, 3.63) is 58.6 Å². The predicted octanol–water partition coefficient (Wildman–Crippen LogP) is 2.61. The molecule has 2 aromatic rings. The quantitative estimate of drug-likeness (QED) is 0.702. The van der Waals surface area contributed by atoms with Gasteiger partial charge in [0.15, 0.2) is 0 Å². The van der Waals surface area contributed by atoms with Crippen LogP contribution < -0.4 is 15.4 Å². The Morgan fingerprint density at radius 1 is 1.16 bits per heavy atom. The van der Waals surface area contributed by atoms with E-state index in [0.29, 0.717) is 44.0 Å². The topological polar surface area (TPSA) is 83.6 Å². The van der Waals surface area contributed by atoms with Crippen molar-refractivity contribution in [1.29, 1.82) is 0 Å². The molecule has 0 aliphatic carbocycles. The fourth-order valence-electron chi connectivity index (χ4n) is 4.28. The minimum atomic E-state index is -0.481. The van der Waals surface area contributed by atoms with Gasteiger partial charge in [0.1, 0.15) is 12.4 Å². The molecule has 8 heteroatoms. The van der Waals surface area contributed by atoms with E-state index in [4.69, 9.17) is 4.74 Å². The van der Waals surface area contributed by atoms with Gasteiger partial charge in [-0.3, -0.25) is 19.5 Å². The van der Waals surface area contributed by atoms with Crippen LogP contribution in [0.25, 0.3) is 0 Å². The maximum Gasteiger partial charge on any atom is 0.255 e. The Bertz CT molecular complexity index is 931. The van der Waals surface area contributed by atoms with Crippen LogP contribution in [0.1, 0.15) is 34.5 Å². The van der Waals surface area contributed by atoms with Crippen molar-refractivity contribution in [3.8, 4) is 5.75 Å². The number of nitrogens with one attached hydrogen (secondary N) is 2. The van der Waals surface area contributed by atoms with E-state index < -0.39 is 5.41 Å². The summed E-state index contributed by atoms with van der Waals surface area (Å²) < 4.78 is 5.83. The third-order valence-corrected chi connectivity index (χ3v) is 6.60. The number of aromatic nitrogens is 1. The van der Waals surface area contributed by atoms with Gasteiger partial charge < -0.3 is 15.4 Å². The molecule has 1 aromatic heterocycles. The highest BCUT2D eigenvalue weighted by Gasteiger charge is 2.41. The molecule has 1 atom stereocenters. The molecule has 7 nitrogen and oxygen atoms in total. The van der Waals surface area contributed by atoms with Crippen molar-refractivity contribution in [3.63, 3.8) is 0 Å². The lowest BCUT2D eigenvalue weighted by Crippen LogP contribution is -2.52. The predicted molar refractivity (Wildman–Crippen MR) is 120 cm³/mol. The summed E-state index contributed by atoms with van der Waals surface area (Å²) in [5, 5.41) is 5.94. The molecular formula is C23H28N4O3S. The molecule has 2 amide bonds. The molecule has 2 aliphatic rings. The first-order valence-corrected chi connectivity index (χ1v) is 11.6. The Labute approximate surface area is 186 Å². The number of carbonyl (C=O) groups is 2. The lowest BCUT2D eigenvalue weighted by atomic mass is 9.76. The average Bonchev–Trinajstić information content (AvgIpc) is 3.29. The number of allylic oxidation sites excluding steroid dienone is 1. The normalized spacial score (nSPS) is 24.4. The molecule has 31 heavy (non-hydrogen) atoms. The Morgan fingerprint density at radius 3 is 2.90 bits per heavy atom. The molecule has 0 saturated carbocycles. The van der Waals surface area contributed by atoms with Crippen molar-refractivity contribution in [2.45, 2.75) is 25.8 Å². The largest absolute Gasteiger partial charge is 0.489 e. The molecule has 1 aromatic carbocycles. The number of fused-ring (bicyclic) bond motifs is 1. The summed E-state index contributed by atoms with van der Waals surface area (Å²) in [7, 11) is 0. The number of rotatable bonds is 2. The fraction of sp³-hybridized carbons (Fsp3) is 0.435. The second-order valence-corrected chi connectivity index (χ2v) is 9.03. The van der Waals surface area contributed by atoms with E-state index in [2.05, 4.69) is 20.5 Å². The number of hydrogen-bond acceptors (Lipinski definition) is 6. The van der Waals surface area contributed by atoms with Crippen molar-refractivity contribution in [2.75, 3.05) is 32.8 Å². The van der Waals surface area contributed by atoms with Crippen LogP contribution in [0.4, 0.5) is 0 Å². The number of thiazole rings is 1. The summed E-state index contributed by atoms with van der Waals surface area (Å²) in [6.07, 6.45) is 8.37. The van der Waals surface area contributed by atoms with Crippen LogP contribution in [0, 0.1) is 5.41 Å². The summed E-state index contributed by atoms with van der Waals surface area (Å²) in [6.45, 7) is 3.62. The molecule has 0 bridgehead atoms. The molecule has 1 fully saturated rings. The van der Waals surface area contributed by atoms with Crippen LogP contribution in [-0.4, -0.2) is 54.5 Å². The SMILES string of the molecule is O=C1NCCNC(=O)C2(C/C=C/COc3ccccc31)CCCN(Cc1cncs1)C2. The summed E-state index contributed by atoms with van der Waals surface area (Å²) in [4.78, 5) is 33.5. The second kappa shape index (κ2) is 10.1. The summed E-state index contributed by atoms with van der Waals surface area (Å²) in [5.41, 5.74) is 1.87. The van der Waals surface area contributed by atoms with E-state index in [-0.39, 0.29) is 11.8 Å². The Hall–Kier alpha value is -2.71. The molecule has 2 N–H and O–H groups in total. The number of hydrogen-bond donors (Lipinski definition) is 2. The molecular weight excluding hydrogens is 412 g/mol. The molecule has 3 heterocycles. The van der Waals surface area contributed by atoms with Crippen molar-refractivity contribution < 1.29 is 14.3 Å². The van der Waals surface area contributed by atoms with Crippen LogP contribution in [0.3, 0.4) is 0 Å². The molecule has 1 saturated heterocycles. The van der Waals surface area contributed by atoms with Crippen molar-refractivity contribution >= 4 is 23.2 Å². The average molecular weight is 441 g/mol. The second-order valence-electron chi connectivity index (χ2n) is 8.06. The van der Waals surface area contributed by atoms with Gasteiger partial charge in [0, 0.05) is 37.3 Å². The number of likely N-dealkylation sites (tertiary alicyclic amines) is 1. The third-order valence-electron chi connectivity index (χ3n) is 5.84. The van der Waals surface area contributed by atoms with Gasteiger partial charge >= 0.3 is 0 Å². The van der Waals surface area contributed by atoms with E-state index >= 15 is 0 Å². The summed E-state index contributed by atoms with van der Waals surface area (Å²) in [5.74, 6) is 0.418. The third kappa shape index (κ3) is 5.32. The number of amides is 2. The minimum absolute atomic E-state index is 0.0544. The van der Waals surface area contributed by atoms with Gasteiger partial charge in [-0.1, -0.05) is 24.3 Å². The lowest BCUT2D eigenvalue weighted by molar-refractivity contribution is -0.134. The molecule has 164 valence electrons. The van der Waals surface area contributed by atoms with Gasteiger partial charge in [0.2, 0.25) is 5.91 Å². The van der Waals surface area contributed by atoms with E-state index in [1.54, 1.807) is 23.5 Å². The Balaban J connectivity index is 1.49.